The largest absolute Gasteiger partial charge is 0.490 e. The number of ether oxygens (including phenoxy) is 1. The highest BCUT2D eigenvalue weighted by atomic mass is 35.5. The van der Waals surface area contributed by atoms with E-state index in [9.17, 15) is 19.5 Å². The minimum Gasteiger partial charge on any atom is -0.490 e. The number of nitrogens with zero attached hydrogens (tertiary/aromatic N) is 4. The molecular formula is C38H46Cl2N8O5. The second kappa shape index (κ2) is 17.6. The summed E-state index contributed by atoms with van der Waals surface area (Å²) in [6.07, 6.45) is 6.18. The minimum absolute atomic E-state index is 0. The summed E-state index contributed by atoms with van der Waals surface area (Å²) in [4.78, 5) is 48.4. The van der Waals surface area contributed by atoms with Gasteiger partial charge in [0.25, 0.3) is 5.91 Å². The van der Waals surface area contributed by atoms with Gasteiger partial charge in [0.05, 0.1) is 34.5 Å². The summed E-state index contributed by atoms with van der Waals surface area (Å²) < 4.78 is 8.09. The molecule has 7 N–H and O–H groups in total. The van der Waals surface area contributed by atoms with Crippen LogP contribution in [0.5, 0.6) is 5.75 Å². The Hall–Kier alpha value is -5.14. The van der Waals surface area contributed by atoms with E-state index in [1.165, 1.54) is 17.0 Å². The quantitative estimate of drug-likeness (QED) is 0.0882. The van der Waals surface area contributed by atoms with Crippen LogP contribution in [0, 0.1) is 16.7 Å². The Kier molecular flexibility index (Phi) is 13.5. The smallest absolute Gasteiger partial charge is 0.336 e. The van der Waals surface area contributed by atoms with Crippen molar-refractivity contribution in [3.8, 4) is 5.75 Å². The number of anilines is 1. The normalized spacial score (nSPS) is 15.5. The monoisotopic (exact) mass is 764 g/mol. The highest BCUT2D eigenvalue weighted by Gasteiger charge is 2.34. The van der Waals surface area contributed by atoms with Crippen LogP contribution < -0.4 is 21.1 Å². The summed E-state index contributed by atoms with van der Waals surface area (Å²) in [5.41, 5.74) is 13.9. The van der Waals surface area contributed by atoms with Crippen molar-refractivity contribution in [2.45, 2.75) is 70.6 Å². The Morgan fingerprint density at radius 1 is 0.925 bits per heavy atom. The molecule has 1 aliphatic carbocycles. The molecule has 1 unspecified atom stereocenters. The third kappa shape index (κ3) is 8.91. The molecule has 1 atom stereocenters. The first-order chi connectivity index (χ1) is 24.5. The molecule has 6 rings (SSSR count). The van der Waals surface area contributed by atoms with Gasteiger partial charge >= 0.3 is 5.97 Å². The molecule has 0 spiro atoms. The molecule has 1 aromatic heterocycles. The zero-order chi connectivity index (χ0) is 36.2. The maximum Gasteiger partial charge on any atom is 0.336 e. The molecule has 15 heteroatoms. The fraction of sp³-hybridized carbons (Fsp3) is 0.368. The summed E-state index contributed by atoms with van der Waals surface area (Å²) in [5, 5.41) is 25.9. The highest BCUT2D eigenvalue weighted by Crippen LogP contribution is 2.37. The lowest BCUT2D eigenvalue weighted by atomic mass is 9.83. The van der Waals surface area contributed by atoms with Crippen LogP contribution in [0.15, 0.2) is 66.7 Å². The van der Waals surface area contributed by atoms with Crippen molar-refractivity contribution in [2.24, 2.45) is 17.4 Å². The summed E-state index contributed by atoms with van der Waals surface area (Å²) in [6, 6.07) is 17.5. The van der Waals surface area contributed by atoms with Crippen LogP contribution in [-0.2, 0) is 11.3 Å². The zero-order valence-electron chi connectivity index (χ0n) is 29.5. The minimum atomic E-state index is -1.23. The fourth-order valence-electron chi connectivity index (χ4n) is 7.39. The number of amides is 2. The van der Waals surface area contributed by atoms with Crippen LogP contribution >= 0.6 is 24.8 Å². The number of aromatic nitrogens is 2. The first kappa shape index (κ1) is 40.6. The van der Waals surface area contributed by atoms with Gasteiger partial charge in [-0.1, -0.05) is 31.4 Å². The van der Waals surface area contributed by atoms with E-state index in [1.807, 2.05) is 9.47 Å². The van der Waals surface area contributed by atoms with Crippen molar-refractivity contribution in [3.63, 3.8) is 0 Å². The number of nitrogens with one attached hydrogen (secondary N) is 2. The van der Waals surface area contributed by atoms with Crippen LogP contribution in [0.1, 0.15) is 90.0 Å². The Labute approximate surface area is 320 Å². The molecule has 53 heavy (non-hydrogen) atoms. The zero-order valence-corrected chi connectivity index (χ0v) is 31.1. The standard InChI is InChI=1S/C38H44N8O5.2ClH/c1-23(39)44-19-17-28(18-20-44)51-27-14-12-26(13-15-27)45(37(48)29-9-5-6-10-30(29)38(49)50)22-33-43-31-21-25(35(40)41)11-16-32(31)46(33)34(36(42)47)24-7-3-2-4-8-24;;/h5-6,9-16,21,24,28,34,39H,2-4,7-8,17-20,22H2,1H3,(H3,40,41)(H2,42,47)(H,49,50);2*1H. The molecule has 2 fully saturated rings. The van der Waals surface area contributed by atoms with Crippen molar-refractivity contribution in [3.05, 3.63) is 89.2 Å². The number of primary amides is 1. The van der Waals surface area contributed by atoms with E-state index in [1.54, 1.807) is 61.5 Å². The van der Waals surface area contributed by atoms with E-state index >= 15 is 0 Å². The molecule has 13 nitrogen and oxygen atoms in total. The Morgan fingerprint density at radius 2 is 1.57 bits per heavy atom. The molecule has 1 saturated heterocycles. The number of likely N-dealkylation sites (tertiary alicyclic amines) is 1. The molecule has 0 radical (unpaired) electrons. The van der Waals surface area contributed by atoms with E-state index in [0.29, 0.717) is 39.7 Å². The van der Waals surface area contributed by atoms with E-state index in [0.717, 1.165) is 58.0 Å². The van der Waals surface area contributed by atoms with Crippen LogP contribution in [0.3, 0.4) is 0 Å². The number of carboxylic acids is 1. The number of piperidine rings is 1. The summed E-state index contributed by atoms with van der Waals surface area (Å²) in [6.45, 7) is 3.15. The van der Waals surface area contributed by atoms with Crippen molar-refractivity contribution < 1.29 is 24.2 Å². The number of carbonyl (C=O) groups excluding carboxylic acids is 2. The van der Waals surface area contributed by atoms with Crippen molar-refractivity contribution in [1.82, 2.24) is 14.5 Å². The van der Waals surface area contributed by atoms with Gasteiger partial charge in [-0.05, 0) is 80.3 Å². The van der Waals surface area contributed by atoms with Crippen LogP contribution in [-0.4, -0.2) is 68.2 Å². The number of fused-ring (bicyclic) bond motifs is 1. The van der Waals surface area contributed by atoms with Gasteiger partial charge in [-0.2, -0.15) is 0 Å². The second-order valence-electron chi connectivity index (χ2n) is 13.4. The second-order valence-corrected chi connectivity index (χ2v) is 13.4. The lowest BCUT2D eigenvalue weighted by molar-refractivity contribution is -0.123. The molecule has 2 aliphatic rings. The number of halogens is 2. The maximum atomic E-state index is 14.5. The van der Waals surface area contributed by atoms with Crippen LogP contribution in [0.2, 0.25) is 0 Å². The third-order valence-electron chi connectivity index (χ3n) is 10.0. The Bertz CT molecular complexity index is 1970. The number of carbonyl (C=O) groups is 3. The molecule has 0 bridgehead atoms. The third-order valence-corrected chi connectivity index (χ3v) is 10.0. The average Bonchev–Trinajstić information content (AvgIpc) is 3.48. The molecule has 3 aromatic carbocycles. The Balaban J connectivity index is 0.00000314. The van der Waals surface area contributed by atoms with Crippen LogP contribution in [0.25, 0.3) is 11.0 Å². The number of nitrogens with two attached hydrogens (primary N) is 2. The van der Waals surface area contributed by atoms with Gasteiger partial charge in [0.15, 0.2) is 0 Å². The van der Waals surface area contributed by atoms with Gasteiger partial charge in [-0.25, -0.2) is 9.78 Å². The number of rotatable bonds is 11. The molecule has 1 aliphatic heterocycles. The number of imidazole rings is 1. The van der Waals surface area contributed by atoms with Gasteiger partial charge in [-0.3, -0.25) is 20.4 Å². The number of benzene rings is 3. The van der Waals surface area contributed by atoms with Crippen molar-refractivity contribution in [1.29, 1.82) is 10.8 Å². The first-order valence-corrected chi connectivity index (χ1v) is 17.4. The van der Waals surface area contributed by atoms with Crippen molar-refractivity contribution in [2.75, 3.05) is 18.0 Å². The summed E-state index contributed by atoms with van der Waals surface area (Å²) in [5.74, 6) is -0.924. The number of carboxylic acid groups (broad SMARTS) is 1. The fourth-order valence-corrected chi connectivity index (χ4v) is 7.39. The molecule has 1 saturated carbocycles. The van der Waals surface area contributed by atoms with E-state index in [-0.39, 0.29) is 60.3 Å². The summed E-state index contributed by atoms with van der Waals surface area (Å²) in [7, 11) is 0. The van der Waals surface area contributed by atoms with E-state index < -0.39 is 23.8 Å². The number of hydrogen-bond acceptors (Lipinski definition) is 7. The van der Waals surface area contributed by atoms with Crippen molar-refractivity contribution >= 4 is 71.0 Å². The molecule has 282 valence electrons. The number of hydrogen-bond donors (Lipinski definition) is 5. The van der Waals surface area contributed by atoms with E-state index in [4.69, 9.17) is 32.0 Å². The predicted molar refractivity (Wildman–Crippen MR) is 209 cm³/mol. The molecule has 2 amide bonds. The summed E-state index contributed by atoms with van der Waals surface area (Å²) >= 11 is 0. The number of aromatic carboxylic acids is 1. The molecular weight excluding hydrogens is 719 g/mol. The van der Waals surface area contributed by atoms with Gasteiger partial charge in [0, 0.05) is 37.2 Å². The number of nitrogen functional groups attached to an aromatic ring is 1. The SMILES string of the molecule is CC(=N)N1CCC(Oc2ccc(N(Cc3nc4cc(C(=N)N)ccc4n3C(C(N)=O)C3CCCCC3)C(=O)c3ccccc3C(=O)O)cc2)CC1.Cl.Cl. The topological polar surface area (TPSA) is 205 Å². The lowest BCUT2D eigenvalue weighted by Crippen LogP contribution is -2.40. The molecule has 2 heterocycles. The lowest BCUT2D eigenvalue weighted by Gasteiger charge is -2.33. The van der Waals surface area contributed by atoms with E-state index in [2.05, 4.69) is 0 Å². The van der Waals surface area contributed by atoms with Crippen LogP contribution in [0.4, 0.5) is 5.69 Å². The van der Waals surface area contributed by atoms with Gasteiger partial charge in [0.1, 0.15) is 29.6 Å². The Morgan fingerprint density at radius 3 is 2.15 bits per heavy atom. The number of amidine groups is 2. The van der Waals surface area contributed by atoms with Gasteiger partial charge in [-0.15, -0.1) is 24.8 Å². The van der Waals surface area contributed by atoms with Gasteiger partial charge in [0.2, 0.25) is 5.91 Å². The highest BCUT2D eigenvalue weighted by molar-refractivity contribution is 6.12. The average molecular weight is 766 g/mol. The predicted octanol–water partition coefficient (Wildman–Crippen LogP) is 6.16. The maximum absolute atomic E-state index is 14.5. The first-order valence-electron chi connectivity index (χ1n) is 17.4. The van der Waals surface area contributed by atoms with Gasteiger partial charge < -0.3 is 35.7 Å². The molecule has 4 aromatic rings.